The molecule has 0 heterocycles. The van der Waals surface area contributed by atoms with Crippen LogP contribution in [0.25, 0.3) is 0 Å². The first-order valence-corrected chi connectivity index (χ1v) is 5.43. The number of hydrogen-bond donors (Lipinski definition) is 1. The molecule has 0 aliphatic rings. The molecule has 2 unspecified atom stereocenters. The fourth-order valence-corrected chi connectivity index (χ4v) is 0.835. The van der Waals surface area contributed by atoms with Crippen LogP contribution in [0.4, 0.5) is 0 Å². The fourth-order valence-electron chi connectivity index (χ4n) is 0.835. The van der Waals surface area contributed by atoms with Crippen molar-refractivity contribution in [3.63, 3.8) is 0 Å². The molecule has 0 aromatic carbocycles. The van der Waals surface area contributed by atoms with Gasteiger partial charge in [-0.2, -0.15) is 0 Å². The third kappa shape index (κ3) is 11.9. The van der Waals surface area contributed by atoms with E-state index in [0.29, 0.717) is 6.61 Å². The van der Waals surface area contributed by atoms with Gasteiger partial charge in [-0.25, -0.2) is 0 Å². The maximum Gasteiger partial charge on any atom is 0.308 e. The maximum atomic E-state index is 10.9. The van der Waals surface area contributed by atoms with Gasteiger partial charge in [-0.3, -0.25) is 4.79 Å². The summed E-state index contributed by atoms with van der Waals surface area (Å²) in [4.78, 5) is 10.9. The minimum atomic E-state index is -0.0654. The molecule has 0 rings (SSSR count). The molecule has 0 saturated carbocycles. The monoisotopic (exact) mass is 208 g/mol. The van der Waals surface area contributed by atoms with Crippen LogP contribution in [-0.4, -0.2) is 24.0 Å². The van der Waals surface area contributed by atoms with Gasteiger partial charge in [0.15, 0.2) is 0 Å². The molecule has 3 nitrogen and oxygen atoms in total. The molecule has 0 bridgehead atoms. The lowest BCUT2D eigenvalue weighted by atomic mass is 10.1. The number of carbonyl (C=O) groups is 1. The third-order valence-corrected chi connectivity index (χ3v) is 1.41. The van der Waals surface area contributed by atoms with Crippen LogP contribution in [0.2, 0.25) is 0 Å². The Labute approximate surface area is 83.1 Å². The number of esters is 1. The van der Waals surface area contributed by atoms with Gasteiger partial charge in [0.2, 0.25) is 0 Å². The second-order valence-electron chi connectivity index (χ2n) is 2.62. The predicted molar refractivity (Wildman–Crippen MR) is 57.5 cm³/mol. The highest BCUT2D eigenvalue weighted by Gasteiger charge is 2.11. The second-order valence-corrected chi connectivity index (χ2v) is 2.99. The molecular weight excluding hydrogens is 187 g/mol. The SMILES string of the molecule is CCCC(C)C(=O)OCC.OCP. The Bertz CT molecular complexity index is 117. The van der Waals surface area contributed by atoms with Crippen LogP contribution in [0.5, 0.6) is 0 Å². The summed E-state index contributed by atoms with van der Waals surface area (Å²) >= 11 is 0. The molecule has 0 aromatic rings. The summed E-state index contributed by atoms with van der Waals surface area (Å²) in [5, 5.41) is 7.53. The normalized spacial score (nSPS) is 11.2. The van der Waals surface area contributed by atoms with Gasteiger partial charge < -0.3 is 9.84 Å². The average molecular weight is 208 g/mol. The quantitative estimate of drug-likeness (QED) is 0.566. The minimum Gasteiger partial charge on any atom is -0.466 e. The molecule has 0 aromatic heterocycles. The molecule has 4 heteroatoms. The largest absolute Gasteiger partial charge is 0.466 e. The first-order valence-electron chi connectivity index (χ1n) is 4.61. The van der Waals surface area contributed by atoms with Crippen LogP contribution < -0.4 is 0 Å². The van der Waals surface area contributed by atoms with Gasteiger partial charge in [0.25, 0.3) is 0 Å². The topological polar surface area (TPSA) is 46.5 Å². The van der Waals surface area contributed by atoms with Crippen LogP contribution in [0.15, 0.2) is 0 Å². The number of ether oxygens (including phenoxy) is 1. The van der Waals surface area contributed by atoms with E-state index in [2.05, 4.69) is 16.2 Å². The lowest BCUT2D eigenvalue weighted by molar-refractivity contribution is -0.147. The van der Waals surface area contributed by atoms with E-state index in [1.54, 1.807) is 0 Å². The number of carbonyl (C=O) groups excluding carboxylic acids is 1. The molecule has 80 valence electrons. The van der Waals surface area contributed by atoms with Crippen molar-refractivity contribution in [3.8, 4) is 0 Å². The van der Waals surface area contributed by atoms with Gasteiger partial charge in [-0.15, -0.1) is 9.24 Å². The molecule has 0 aliphatic carbocycles. The van der Waals surface area contributed by atoms with E-state index in [0.717, 1.165) is 12.8 Å². The van der Waals surface area contributed by atoms with Crippen molar-refractivity contribution in [2.75, 3.05) is 13.0 Å². The van der Waals surface area contributed by atoms with Crippen molar-refractivity contribution in [2.45, 2.75) is 33.6 Å². The standard InChI is InChI=1S/C8H16O2.CH5OP/c1-4-6-7(3)8(9)10-5-2;2-1-3/h7H,4-6H2,1-3H3;2H,1,3H2. The van der Waals surface area contributed by atoms with Crippen LogP contribution in [0.1, 0.15) is 33.6 Å². The summed E-state index contributed by atoms with van der Waals surface area (Å²) in [6, 6.07) is 0. The van der Waals surface area contributed by atoms with E-state index in [1.807, 2.05) is 13.8 Å². The smallest absolute Gasteiger partial charge is 0.308 e. The minimum absolute atomic E-state index is 0.0654. The van der Waals surface area contributed by atoms with Crippen molar-refractivity contribution in [1.29, 1.82) is 0 Å². The number of rotatable bonds is 4. The van der Waals surface area contributed by atoms with E-state index in [-0.39, 0.29) is 18.2 Å². The van der Waals surface area contributed by atoms with Crippen molar-refractivity contribution in [1.82, 2.24) is 0 Å². The predicted octanol–water partition coefficient (Wildman–Crippen LogP) is 1.80. The van der Waals surface area contributed by atoms with Gasteiger partial charge in [0, 0.05) is 0 Å². The van der Waals surface area contributed by atoms with Crippen molar-refractivity contribution < 1.29 is 14.6 Å². The van der Waals surface area contributed by atoms with Crippen LogP contribution in [0, 0.1) is 5.92 Å². The first kappa shape index (κ1) is 15.3. The lowest BCUT2D eigenvalue weighted by Crippen LogP contribution is -2.14. The number of aliphatic hydroxyl groups is 1. The van der Waals surface area contributed by atoms with E-state index in [9.17, 15) is 4.79 Å². The van der Waals surface area contributed by atoms with Gasteiger partial charge in [0.1, 0.15) is 0 Å². The molecule has 2 atom stereocenters. The first-order chi connectivity index (χ1) is 6.13. The Morgan fingerprint density at radius 3 is 2.31 bits per heavy atom. The summed E-state index contributed by atoms with van der Waals surface area (Å²) in [6.45, 7) is 6.29. The van der Waals surface area contributed by atoms with Gasteiger partial charge in [-0.1, -0.05) is 20.3 Å². The third-order valence-electron chi connectivity index (χ3n) is 1.41. The van der Waals surface area contributed by atoms with Gasteiger partial charge in [-0.05, 0) is 13.3 Å². The highest BCUT2D eigenvalue weighted by molar-refractivity contribution is 7.16. The summed E-state index contributed by atoms with van der Waals surface area (Å²) in [6.07, 6.45) is 2.14. The highest BCUT2D eigenvalue weighted by Crippen LogP contribution is 2.06. The zero-order chi connectivity index (χ0) is 10.7. The zero-order valence-corrected chi connectivity index (χ0v) is 9.90. The summed E-state index contributed by atoms with van der Waals surface area (Å²) in [5.41, 5.74) is 0. The van der Waals surface area contributed by atoms with Gasteiger partial charge >= 0.3 is 5.97 Å². The maximum absolute atomic E-state index is 10.9. The molecule has 0 aliphatic heterocycles. The highest BCUT2D eigenvalue weighted by atomic mass is 31.0. The zero-order valence-electron chi connectivity index (χ0n) is 8.75. The van der Waals surface area contributed by atoms with E-state index >= 15 is 0 Å². The Balaban J connectivity index is 0. The fraction of sp³-hybridized carbons (Fsp3) is 0.889. The molecule has 1 N–H and O–H groups in total. The molecule has 0 fully saturated rings. The number of hydrogen-bond acceptors (Lipinski definition) is 3. The van der Waals surface area contributed by atoms with Crippen molar-refractivity contribution in [3.05, 3.63) is 0 Å². The van der Waals surface area contributed by atoms with Crippen LogP contribution in [0.3, 0.4) is 0 Å². The Kier molecular flexibility index (Phi) is 14.0. The van der Waals surface area contributed by atoms with E-state index < -0.39 is 0 Å². The average Bonchev–Trinajstić information content (AvgIpc) is 2.06. The van der Waals surface area contributed by atoms with Crippen LogP contribution >= 0.6 is 9.24 Å². The Morgan fingerprint density at radius 1 is 1.54 bits per heavy atom. The molecule has 0 saturated heterocycles. The Morgan fingerprint density at radius 2 is 2.00 bits per heavy atom. The van der Waals surface area contributed by atoms with Crippen molar-refractivity contribution in [2.24, 2.45) is 5.92 Å². The molecular formula is C9H21O3P. The molecule has 0 spiro atoms. The molecule has 0 amide bonds. The number of aliphatic hydroxyl groups excluding tert-OH is 1. The van der Waals surface area contributed by atoms with E-state index in [4.69, 9.17) is 9.84 Å². The van der Waals surface area contributed by atoms with Crippen LogP contribution in [-0.2, 0) is 9.53 Å². The summed E-state index contributed by atoms with van der Waals surface area (Å²) in [5.74, 6) is 0.00861. The second kappa shape index (κ2) is 11.9. The lowest BCUT2D eigenvalue weighted by Gasteiger charge is -2.07. The Hall–Kier alpha value is -0.140. The molecule has 13 heavy (non-hydrogen) atoms. The molecule has 0 radical (unpaired) electrons. The summed E-state index contributed by atoms with van der Waals surface area (Å²) < 4.78 is 4.82. The van der Waals surface area contributed by atoms with Gasteiger partial charge in [0.05, 0.1) is 18.9 Å². The van der Waals surface area contributed by atoms with E-state index in [1.165, 1.54) is 0 Å². The summed E-state index contributed by atoms with van der Waals surface area (Å²) in [7, 11) is 2.13. The van der Waals surface area contributed by atoms with Crippen molar-refractivity contribution >= 4 is 15.2 Å².